The molecule has 9 heavy (non-hydrogen) atoms. The van der Waals surface area contributed by atoms with E-state index < -0.39 is 6.04 Å². The highest BCUT2D eigenvalue weighted by Crippen LogP contribution is 1.95. The van der Waals surface area contributed by atoms with Crippen molar-refractivity contribution < 1.29 is 9.53 Å². The predicted molar refractivity (Wildman–Crippen MR) is 38.4 cm³/mol. The first kappa shape index (κ1) is 8.78. The zero-order valence-corrected chi connectivity index (χ0v) is 6.40. The predicted octanol–water partition coefficient (Wildman–Crippen LogP) is -0.150. The summed E-state index contributed by atoms with van der Waals surface area (Å²) in [5.41, 5.74) is 5.34. The van der Waals surface area contributed by atoms with Crippen molar-refractivity contribution in [3.05, 3.63) is 0 Å². The summed E-state index contributed by atoms with van der Waals surface area (Å²) in [6.07, 6.45) is 1.89. The fourth-order valence-corrected chi connectivity index (χ4v) is 0.894. The Labute approximate surface area is 58.9 Å². The van der Waals surface area contributed by atoms with Gasteiger partial charge in [-0.3, -0.25) is 4.79 Å². The molecule has 0 aromatic rings. The van der Waals surface area contributed by atoms with E-state index in [4.69, 9.17) is 5.73 Å². The number of hydrogen-bond donors (Lipinski definition) is 1. The molecule has 0 heterocycles. The van der Waals surface area contributed by atoms with Crippen LogP contribution in [0.4, 0.5) is 0 Å². The Kier molecular flexibility index (Phi) is 4.53. The van der Waals surface area contributed by atoms with Gasteiger partial charge >= 0.3 is 5.97 Å². The van der Waals surface area contributed by atoms with Crippen LogP contribution in [0.5, 0.6) is 0 Å². The fraction of sp³-hybridized carbons (Fsp3) is 0.800. The lowest BCUT2D eigenvalue weighted by molar-refractivity contribution is -0.141. The van der Waals surface area contributed by atoms with E-state index in [-0.39, 0.29) is 5.97 Å². The van der Waals surface area contributed by atoms with Gasteiger partial charge in [-0.2, -0.15) is 11.8 Å². The summed E-state index contributed by atoms with van der Waals surface area (Å²) in [5, 5.41) is 0. The highest BCUT2D eigenvalue weighted by Gasteiger charge is 2.11. The van der Waals surface area contributed by atoms with Gasteiger partial charge in [-0.25, -0.2) is 0 Å². The standard InChI is InChI=1S/C5H11NO2S/c1-8-5(7)4(6)3-9-2/h4H,3,6H2,1-2H3/t4-/m0/s1. The number of hydrogen-bond acceptors (Lipinski definition) is 4. The molecule has 1 atom stereocenters. The number of rotatable bonds is 3. The zero-order valence-electron chi connectivity index (χ0n) is 5.59. The van der Waals surface area contributed by atoms with Crippen LogP contribution in [0.25, 0.3) is 0 Å². The van der Waals surface area contributed by atoms with Crippen molar-refractivity contribution in [2.24, 2.45) is 5.73 Å². The Morgan fingerprint density at radius 2 is 2.44 bits per heavy atom. The van der Waals surface area contributed by atoms with Crippen LogP contribution in [0.1, 0.15) is 0 Å². The molecule has 0 bridgehead atoms. The van der Waals surface area contributed by atoms with E-state index in [1.807, 2.05) is 6.26 Å². The van der Waals surface area contributed by atoms with Gasteiger partial charge in [-0.1, -0.05) is 0 Å². The summed E-state index contributed by atoms with van der Waals surface area (Å²) in [6, 6.07) is -0.468. The van der Waals surface area contributed by atoms with Gasteiger partial charge in [0.1, 0.15) is 6.04 Å². The van der Waals surface area contributed by atoms with Gasteiger partial charge in [-0.15, -0.1) is 0 Å². The minimum absolute atomic E-state index is 0.343. The van der Waals surface area contributed by atoms with E-state index >= 15 is 0 Å². The van der Waals surface area contributed by atoms with Gasteiger partial charge in [0.15, 0.2) is 0 Å². The first-order valence-electron chi connectivity index (χ1n) is 2.54. The maximum Gasteiger partial charge on any atom is 0.323 e. The molecule has 0 aliphatic heterocycles. The van der Waals surface area contributed by atoms with Crippen molar-refractivity contribution >= 4 is 17.7 Å². The van der Waals surface area contributed by atoms with Gasteiger partial charge in [0.05, 0.1) is 7.11 Å². The molecular formula is C5H11NO2S. The number of esters is 1. The van der Waals surface area contributed by atoms with Crippen LogP contribution in [-0.2, 0) is 9.53 Å². The molecule has 0 aliphatic carbocycles. The van der Waals surface area contributed by atoms with Crippen molar-refractivity contribution in [1.82, 2.24) is 0 Å². The Balaban J connectivity index is 3.45. The number of nitrogens with two attached hydrogens (primary N) is 1. The summed E-state index contributed by atoms with van der Waals surface area (Å²) >= 11 is 1.53. The number of ether oxygens (including phenoxy) is 1. The normalized spacial score (nSPS) is 12.8. The van der Waals surface area contributed by atoms with Crippen LogP contribution in [0.3, 0.4) is 0 Å². The third-order valence-corrected chi connectivity index (χ3v) is 1.54. The molecule has 0 saturated carbocycles. The van der Waals surface area contributed by atoms with E-state index in [2.05, 4.69) is 4.74 Å². The average Bonchev–Trinajstić information content (AvgIpc) is 1.87. The maximum atomic E-state index is 10.5. The van der Waals surface area contributed by atoms with Crippen molar-refractivity contribution in [3.8, 4) is 0 Å². The quantitative estimate of drug-likeness (QED) is 0.567. The Morgan fingerprint density at radius 3 is 2.78 bits per heavy atom. The molecule has 2 N–H and O–H groups in total. The molecule has 0 amide bonds. The average molecular weight is 149 g/mol. The van der Waals surface area contributed by atoms with Gasteiger partial charge in [0, 0.05) is 5.75 Å². The number of thioether (sulfide) groups is 1. The molecule has 0 aromatic carbocycles. The molecule has 0 unspecified atom stereocenters. The molecule has 0 saturated heterocycles. The zero-order chi connectivity index (χ0) is 7.28. The highest BCUT2D eigenvalue weighted by molar-refractivity contribution is 7.98. The van der Waals surface area contributed by atoms with Crippen LogP contribution >= 0.6 is 11.8 Å². The summed E-state index contributed by atoms with van der Waals surface area (Å²) in [5.74, 6) is 0.275. The Hall–Kier alpha value is -0.220. The second kappa shape index (κ2) is 4.64. The third kappa shape index (κ3) is 3.37. The van der Waals surface area contributed by atoms with E-state index in [1.165, 1.54) is 18.9 Å². The smallest absolute Gasteiger partial charge is 0.323 e. The van der Waals surface area contributed by atoms with Crippen LogP contribution in [0.2, 0.25) is 0 Å². The highest BCUT2D eigenvalue weighted by atomic mass is 32.2. The van der Waals surface area contributed by atoms with Crippen molar-refractivity contribution in [2.75, 3.05) is 19.1 Å². The Bertz CT molecular complexity index is 97.0. The first-order valence-corrected chi connectivity index (χ1v) is 3.94. The molecule has 0 rings (SSSR count). The molecule has 0 spiro atoms. The van der Waals surface area contributed by atoms with Gasteiger partial charge in [0.25, 0.3) is 0 Å². The molecule has 0 aromatic heterocycles. The van der Waals surface area contributed by atoms with E-state index in [1.54, 1.807) is 0 Å². The monoisotopic (exact) mass is 149 g/mol. The fourth-order valence-electron chi connectivity index (χ4n) is 0.399. The van der Waals surface area contributed by atoms with Crippen LogP contribution < -0.4 is 5.73 Å². The number of methoxy groups -OCH3 is 1. The topological polar surface area (TPSA) is 52.3 Å². The summed E-state index contributed by atoms with van der Waals surface area (Å²) in [4.78, 5) is 10.5. The molecule has 4 heteroatoms. The van der Waals surface area contributed by atoms with E-state index in [0.717, 1.165) is 0 Å². The molecular weight excluding hydrogens is 138 g/mol. The van der Waals surface area contributed by atoms with Crippen LogP contribution in [0.15, 0.2) is 0 Å². The number of carbonyl (C=O) groups excluding carboxylic acids is 1. The van der Waals surface area contributed by atoms with E-state index in [0.29, 0.717) is 5.75 Å². The van der Waals surface area contributed by atoms with Crippen molar-refractivity contribution in [3.63, 3.8) is 0 Å². The molecule has 3 nitrogen and oxygen atoms in total. The lowest BCUT2D eigenvalue weighted by Crippen LogP contribution is -2.33. The summed E-state index contributed by atoms with van der Waals surface area (Å²) < 4.78 is 4.39. The lowest BCUT2D eigenvalue weighted by Gasteiger charge is -2.05. The van der Waals surface area contributed by atoms with E-state index in [9.17, 15) is 4.79 Å². The van der Waals surface area contributed by atoms with Crippen LogP contribution in [-0.4, -0.2) is 31.1 Å². The van der Waals surface area contributed by atoms with Crippen molar-refractivity contribution in [1.29, 1.82) is 0 Å². The Morgan fingerprint density at radius 1 is 1.89 bits per heavy atom. The molecule has 54 valence electrons. The van der Waals surface area contributed by atoms with Gasteiger partial charge < -0.3 is 10.5 Å². The van der Waals surface area contributed by atoms with Gasteiger partial charge in [-0.05, 0) is 6.26 Å². The summed E-state index contributed by atoms with van der Waals surface area (Å²) in [6.45, 7) is 0. The third-order valence-electron chi connectivity index (χ3n) is 0.850. The molecule has 0 fully saturated rings. The van der Waals surface area contributed by atoms with Gasteiger partial charge in [0.2, 0.25) is 0 Å². The van der Waals surface area contributed by atoms with Crippen LogP contribution in [0, 0.1) is 0 Å². The maximum absolute atomic E-state index is 10.5. The van der Waals surface area contributed by atoms with Crippen molar-refractivity contribution in [2.45, 2.75) is 6.04 Å². The largest absolute Gasteiger partial charge is 0.468 e. The second-order valence-electron chi connectivity index (χ2n) is 1.58. The number of carbonyl (C=O) groups is 1. The first-order chi connectivity index (χ1) is 4.22. The SMILES string of the molecule is COC(=O)[C@@H](N)CSC. The minimum Gasteiger partial charge on any atom is -0.468 e. The molecule has 0 aliphatic rings. The second-order valence-corrected chi connectivity index (χ2v) is 2.50. The summed E-state index contributed by atoms with van der Waals surface area (Å²) in [7, 11) is 1.34. The molecule has 0 radical (unpaired) electrons. The lowest BCUT2D eigenvalue weighted by atomic mass is 10.4. The minimum atomic E-state index is -0.468.